The van der Waals surface area contributed by atoms with E-state index in [1.807, 2.05) is 25.1 Å². The van der Waals surface area contributed by atoms with Crippen molar-refractivity contribution in [3.8, 4) is 0 Å². The number of carbonyl (C=O) groups excluding carboxylic acids is 1. The van der Waals surface area contributed by atoms with Gasteiger partial charge in [0, 0.05) is 11.1 Å². The molecule has 0 saturated carbocycles. The van der Waals surface area contributed by atoms with Crippen LogP contribution < -0.4 is 0 Å². The molecule has 0 aliphatic carbocycles. The molecule has 2 atom stereocenters. The molecule has 104 valence electrons. The Labute approximate surface area is 116 Å². The average Bonchev–Trinajstić information content (AvgIpc) is 3.01. The molecule has 0 radical (unpaired) electrons. The van der Waals surface area contributed by atoms with Gasteiger partial charge in [-0.3, -0.25) is 4.79 Å². The molecular weight excluding hydrogens is 258 g/mol. The lowest BCUT2D eigenvalue weighted by Gasteiger charge is -2.35. The van der Waals surface area contributed by atoms with Crippen LogP contribution in [0.1, 0.15) is 29.1 Å². The summed E-state index contributed by atoms with van der Waals surface area (Å²) in [5, 5.41) is 1.35. The van der Waals surface area contributed by atoms with Gasteiger partial charge in [-0.2, -0.15) is 0 Å². The summed E-state index contributed by atoms with van der Waals surface area (Å²) in [6.45, 7) is 2.29. The Hall–Kier alpha value is -2.11. The summed E-state index contributed by atoms with van der Waals surface area (Å²) in [5.41, 5.74) is 1.34. The van der Waals surface area contributed by atoms with Crippen LogP contribution in [0.3, 0.4) is 0 Å². The highest BCUT2D eigenvalue weighted by Gasteiger charge is 2.31. The summed E-state index contributed by atoms with van der Waals surface area (Å²) in [7, 11) is 0. The molecular formula is C15H15NO4. The zero-order valence-electron chi connectivity index (χ0n) is 11.1. The Morgan fingerprint density at radius 2 is 2.05 bits per heavy atom. The number of carbonyl (C=O) groups is 1. The number of furan rings is 1. The van der Waals surface area contributed by atoms with Crippen LogP contribution in [0.2, 0.25) is 0 Å². The van der Waals surface area contributed by atoms with Crippen molar-refractivity contribution in [2.45, 2.75) is 19.3 Å². The van der Waals surface area contributed by atoms with Crippen molar-refractivity contribution < 1.29 is 18.8 Å². The van der Waals surface area contributed by atoms with Gasteiger partial charge in [-0.25, -0.2) is 9.90 Å². The third-order valence-electron chi connectivity index (χ3n) is 3.06. The van der Waals surface area contributed by atoms with Crippen LogP contribution in [0.15, 0.2) is 53.3 Å². The molecule has 1 aromatic heterocycles. The number of rotatable bonds is 2. The Kier molecular flexibility index (Phi) is 3.54. The Balaban J connectivity index is 1.78. The second kappa shape index (κ2) is 5.48. The minimum atomic E-state index is -0.620. The second-order valence-electron chi connectivity index (χ2n) is 4.67. The molecule has 1 aliphatic rings. The predicted octanol–water partition coefficient (Wildman–Crippen LogP) is 2.77. The van der Waals surface area contributed by atoms with Crippen LogP contribution in [-0.2, 0) is 9.57 Å². The topological polar surface area (TPSA) is 51.9 Å². The predicted molar refractivity (Wildman–Crippen MR) is 70.6 cm³/mol. The van der Waals surface area contributed by atoms with Crippen LogP contribution in [0, 0.1) is 0 Å². The quantitative estimate of drug-likeness (QED) is 0.844. The Morgan fingerprint density at radius 3 is 2.75 bits per heavy atom. The maximum absolute atomic E-state index is 12.4. The van der Waals surface area contributed by atoms with Gasteiger partial charge in [-0.05, 0) is 25.1 Å². The van der Waals surface area contributed by atoms with Gasteiger partial charge < -0.3 is 9.15 Å². The first-order valence-electron chi connectivity index (χ1n) is 6.45. The number of hydrogen-bond donors (Lipinski definition) is 0. The number of benzene rings is 1. The molecule has 1 aromatic carbocycles. The molecule has 0 unspecified atom stereocenters. The minimum Gasteiger partial charge on any atom is -0.472 e. The van der Waals surface area contributed by atoms with E-state index in [0.29, 0.717) is 12.1 Å². The monoisotopic (exact) mass is 273 g/mol. The fraction of sp³-hybridized carbons (Fsp3) is 0.267. The lowest BCUT2D eigenvalue weighted by Crippen LogP contribution is -2.44. The van der Waals surface area contributed by atoms with Gasteiger partial charge in [0.05, 0.1) is 25.2 Å². The van der Waals surface area contributed by atoms with E-state index in [-0.39, 0.29) is 12.0 Å². The van der Waals surface area contributed by atoms with Crippen LogP contribution >= 0.6 is 0 Å². The fourth-order valence-electron chi connectivity index (χ4n) is 2.08. The number of nitrogens with zero attached hydrogens (tertiary/aromatic N) is 1. The zero-order chi connectivity index (χ0) is 13.9. The van der Waals surface area contributed by atoms with Gasteiger partial charge in [0.2, 0.25) is 6.29 Å². The first-order chi connectivity index (χ1) is 9.74. The highest BCUT2D eigenvalue weighted by molar-refractivity contribution is 5.93. The van der Waals surface area contributed by atoms with Crippen molar-refractivity contribution in [2.24, 2.45) is 0 Å². The van der Waals surface area contributed by atoms with E-state index < -0.39 is 6.29 Å². The molecule has 2 heterocycles. The summed E-state index contributed by atoms with van der Waals surface area (Å²) >= 11 is 0. The van der Waals surface area contributed by atoms with E-state index in [9.17, 15) is 4.79 Å². The molecule has 0 spiro atoms. The molecule has 1 aliphatic heterocycles. The summed E-state index contributed by atoms with van der Waals surface area (Å²) in [6, 6.07) is 10.8. The highest BCUT2D eigenvalue weighted by atomic mass is 16.8. The lowest BCUT2D eigenvalue weighted by atomic mass is 10.2. The van der Waals surface area contributed by atoms with Gasteiger partial charge in [0.25, 0.3) is 5.91 Å². The van der Waals surface area contributed by atoms with Crippen LogP contribution in [-0.4, -0.2) is 23.6 Å². The number of hydrogen-bond acceptors (Lipinski definition) is 4. The third kappa shape index (κ3) is 2.59. The van der Waals surface area contributed by atoms with Gasteiger partial charge in [0.15, 0.2) is 0 Å². The molecule has 1 amide bonds. The Bertz CT molecular complexity index is 567. The van der Waals surface area contributed by atoms with Crippen molar-refractivity contribution >= 4 is 5.91 Å². The van der Waals surface area contributed by atoms with E-state index in [1.54, 1.807) is 30.7 Å². The van der Waals surface area contributed by atoms with Crippen molar-refractivity contribution in [3.63, 3.8) is 0 Å². The van der Waals surface area contributed by atoms with E-state index in [4.69, 9.17) is 14.0 Å². The van der Waals surface area contributed by atoms with Crippen LogP contribution in [0.5, 0.6) is 0 Å². The second-order valence-corrected chi connectivity index (χ2v) is 4.67. The van der Waals surface area contributed by atoms with E-state index in [2.05, 4.69) is 0 Å². The summed E-state index contributed by atoms with van der Waals surface area (Å²) in [6.07, 6.45) is 2.36. The van der Waals surface area contributed by atoms with Crippen molar-refractivity contribution in [3.05, 3.63) is 60.1 Å². The first-order valence-corrected chi connectivity index (χ1v) is 6.45. The lowest BCUT2D eigenvalue weighted by molar-refractivity contribution is -0.320. The molecule has 0 N–H and O–H groups in total. The van der Waals surface area contributed by atoms with E-state index >= 15 is 0 Å². The maximum Gasteiger partial charge on any atom is 0.277 e. The third-order valence-corrected chi connectivity index (χ3v) is 3.06. The molecule has 20 heavy (non-hydrogen) atoms. The molecule has 2 aromatic rings. The maximum atomic E-state index is 12.4. The van der Waals surface area contributed by atoms with E-state index in [1.165, 1.54) is 5.06 Å². The van der Waals surface area contributed by atoms with Crippen molar-refractivity contribution in [2.75, 3.05) is 6.54 Å². The number of hydroxylamine groups is 2. The fourth-order valence-corrected chi connectivity index (χ4v) is 2.08. The summed E-state index contributed by atoms with van der Waals surface area (Å²) in [5.74, 6) is -0.172. The average molecular weight is 273 g/mol. The van der Waals surface area contributed by atoms with E-state index in [0.717, 1.165) is 5.56 Å². The van der Waals surface area contributed by atoms with Crippen molar-refractivity contribution in [1.82, 2.24) is 5.06 Å². The number of amides is 1. The van der Waals surface area contributed by atoms with Crippen LogP contribution in [0.25, 0.3) is 0 Å². The van der Waals surface area contributed by atoms with Gasteiger partial charge in [-0.1, -0.05) is 18.2 Å². The largest absolute Gasteiger partial charge is 0.472 e. The van der Waals surface area contributed by atoms with Gasteiger partial charge in [-0.15, -0.1) is 0 Å². The number of ether oxygens (including phenoxy) is 1. The molecule has 0 bridgehead atoms. The highest BCUT2D eigenvalue weighted by Crippen LogP contribution is 2.27. The molecule has 5 nitrogen and oxygen atoms in total. The van der Waals surface area contributed by atoms with Crippen LogP contribution in [0.4, 0.5) is 0 Å². The zero-order valence-corrected chi connectivity index (χ0v) is 11.1. The molecule has 3 rings (SSSR count). The summed E-state index contributed by atoms with van der Waals surface area (Å²) in [4.78, 5) is 18.0. The van der Waals surface area contributed by atoms with Crippen molar-refractivity contribution in [1.29, 1.82) is 0 Å². The molecule has 5 heteroatoms. The smallest absolute Gasteiger partial charge is 0.277 e. The summed E-state index contributed by atoms with van der Waals surface area (Å²) < 4.78 is 10.7. The SMILES string of the molecule is C[C@H]1CN(C(=O)c2ccccc2)O[C@H](c2ccoc2)O1. The molecule has 1 fully saturated rings. The van der Waals surface area contributed by atoms with Gasteiger partial charge >= 0.3 is 0 Å². The molecule has 1 saturated heterocycles. The van der Waals surface area contributed by atoms with Gasteiger partial charge in [0.1, 0.15) is 0 Å². The first kappa shape index (κ1) is 12.9. The normalized spacial score (nSPS) is 22.8. The Morgan fingerprint density at radius 1 is 1.25 bits per heavy atom. The standard InChI is InChI=1S/C15H15NO4/c1-11-9-16(14(17)12-5-3-2-4-6-12)20-15(19-11)13-7-8-18-10-13/h2-8,10-11,15H,9H2,1H3/t11-,15+/m0/s1. The minimum absolute atomic E-state index is 0.115.